The second kappa shape index (κ2) is 5.95. The van der Waals surface area contributed by atoms with Crippen LogP contribution in [0.25, 0.3) is 0 Å². The highest BCUT2D eigenvalue weighted by molar-refractivity contribution is 7.10. The van der Waals surface area contributed by atoms with Crippen LogP contribution in [0.5, 0.6) is 0 Å². The van der Waals surface area contributed by atoms with Gasteiger partial charge in [-0.2, -0.15) is 0 Å². The standard InChI is InChI=1S/C14H17N3O3S/c1-9(12-4-3-7-21-12)14(18)17-5-6-19-8-11(17)13-16-15-10(2)20-13/h3-4,7,9,11H,5-6,8H2,1-2H3/t9-,11+/m1/s1. The second-order valence-electron chi connectivity index (χ2n) is 5.02. The monoisotopic (exact) mass is 307 g/mol. The van der Waals surface area contributed by atoms with Crippen molar-refractivity contribution >= 4 is 17.2 Å². The van der Waals surface area contributed by atoms with E-state index in [1.807, 2.05) is 24.4 Å². The van der Waals surface area contributed by atoms with Crippen molar-refractivity contribution in [3.8, 4) is 0 Å². The third-order valence-corrected chi connectivity index (χ3v) is 4.63. The number of aryl methyl sites for hydroxylation is 1. The SMILES string of the molecule is Cc1nnc([C@@H]2COCCN2C(=O)[C@H](C)c2cccs2)o1. The normalized spacial score (nSPS) is 20.5. The van der Waals surface area contributed by atoms with E-state index in [-0.39, 0.29) is 17.9 Å². The summed E-state index contributed by atoms with van der Waals surface area (Å²) in [5.41, 5.74) is 0. The van der Waals surface area contributed by atoms with Gasteiger partial charge < -0.3 is 14.1 Å². The summed E-state index contributed by atoms with van der Waals surface area (Å²) < 4.78 is 11.0. The van der Waals surface area contributed by atoms with E-state index in [1.54, 1.807) is 23.2 Å². The van der Waals surface area contributed by atoms with E-state index in [4.69, 9.17) is 9.15 Å². The lowest BCUT2D eigenvalue weighted by atomic mass is 10.1. The smallest absolute Gasteiger partial charge is 0.241 e. The van der Waals surface area contributed by atoms with Gasteiger partial charge in [0.25, 0.3) is 0 Å². The van der Waals surface area contributed by atoms with Crippen LogP contribution in [0.2, 0.25) is 0 Å². The average molecular weight is 307 g/mol. The van der Waals surface area contributed by atoms with Gasteiger partial charge in [0.2, 0.25) is 17.7 Å². The van der Waals surface area contributed by atoms with Crippen LogP contribution >= 0.6 is 11.3 Å². The van der Waals surface area contributed by atoms with Crippen molar-refractivity contribution in [3.05, 3.63) is 34.2 Å². The minimum Gasteiger partial charge on any atom is -0.423 e. The third-order valence-electron chi connectivity index (χ3n) is 3.58. The van der Waals surface area contributed by atoms with Gasteiger partial charge in [-0.25, -0.2) is 0 Å². The van der Waals surface area contributed by atoms with E-state index in [0.717, 1.165) is 4.88 Å². The molecular weight excluding hydrogens is 290 g/mol. The lowest BCUT2D eigenvalue weighted by Gasteiger charge is -2.35. The second-order valence-corrected chi connectivity index (χ2v) is 6.00. The summed E-state index contributed by atoms with van der Waals surface area (Å²) in [6.45, 7) is 5.14. The first-order chi connectivity index (χ1) is 10.2. The summed E-state index contributed by atoms with van der Waals surface area (Å²) in [7, 11) is 0. The molecule has 3 rings (SSSR count). The van der Waals surface area contributed by atoms with Gasteiger partial charge in [-0.3, -0.25) is 4.79 Å². The number of carbonyl (C=O) groups excluding carboxylic acids is 1. The minimum atomic E-state index is -0.296. The van der Waals surface area contributed by atoms with E-state index in [2.05, 4.69) is 10.2 Å². The number of amides is 1. The topological polar surface area (TPSA) is 68.5 Å². The summed E-state index contributed by atoms with van der Waals surface area (Å²) in [5.74, 6) is 0.837. The fourth-order valence-electron chi connectivity index (χ4n) is 2.43. The van der Waals surface area contributed by atoms with Crippen molar-refractivity contribution < 1.29 is 13.9 Å². The Morgan fingerprint density at radius 3 is 3.05 bits per heavy atom. The van der Waals surface area contributed by atoms with Gasteiger partial charge in [-0.15, -0.1) is 21.5 Å². The molecule has 0 aromatic carbocycles. The molecular formula is C14H17N3O3S. The molecule has 1 amide bonds. The number of thiophene rings is 1. The first-order valence-corrected chi connectivity index (χ1v) is 7.76. The van der Waals surface area contributed by atoms with Crippen LogP contribution in [0.15, 0.2) is 21.9 Å². The molecule has 1 aliphatic heterocycles. The molecule has 1 saturated heterocycles. The lowest BCUT2D eigenvalue weighted by molar-refractivity contribution is -0.142. The van der Waals surface area contributed by atoms with Gasteiger partial charge in [0, 0.05) is 18.3 Å². The Bertz CT molecular complexity index is 611. The molecule has 21 heavy (non-hydrogen) atoms. The fourth-order valence-corrected chi connectivity index (χ4v) is 3.20. The number of hydrogen-bond acceptors (Lipinski definition) is 6. The quantitative estimate of drug-likeness (QED) is 0.869. The van der Waals surface area contributed by atoms with Crippen molar-refractivity contribution in [2.24, 2.45) is 0 Å². The first-order valence-electron chi connectivity index (χ1n) is 6.88. The molecule has 0 aliphatic carbocycles. The average Bonchev–Trinajstić information content (AvgIpc) is 3.17. The number of hydrogen-bond donors (Lipinski definition) is 0. The highest BCUT2D eigenvalue weighted by atomic mass is 32.1. The largest absolute Gasteiger partial charge is 0.423 e. The van der Waals surface area contributed by atoms with Gasteiger partial charge in [0.15, 0.2) is 0 Å². The zero-order valence-corrected chi connectivity index (χ0v) is 12.8. The van der Waals surface area contributed by atoms with E-state index in [0.29, 0.717) is 31.5 Å². The fraction of sp³-hybridized carbons (Fsp3) is 0.500. The summed E-state index contributed by atoms with van der Waals surface area (Å²) in [4.78, 5) is 15.6. The Morgan fingerprint density at radius 1 is 1.52 bits per heavy atom. The Kier molecular flexibility index (Phi) is 4.03. The molecule has 2 aromatic rings. The van der Waals surface area contributed by atoms with Gasteiger partial charge in [-0.1, -0.05) is 6.07 Å². The van der Waals surface area contributed by atoms with Crippen LogP contribution in [0.4, 0.5) is 0 Å². The zero-order chi connectivity index (χ0) is 14.8. The van der Waals surface area contributed by atoms with E-state index in [1.165, 1.54) is 0 Å². The number of ether oxygens (including phenoxy) is 1. The molecule has 7 heteroatoms. The molecule has 0 unspecified atom stereocenters. The maximum Gasteiger partial charge on any atom is 0.241 e. The highest BCUT2D eigenvalue weighted by Crippen LogP contribution is 2.29. The van der Waals surface area contributed by atoms with E-state index < -0.39 is 0 Å². The number of morpholine rings is 1. The number of aromatic nitrogens is 2. The summed E-state index contributed by atoms with van der Waals surface area (Å²) in [5, 5.41) is 9.86. The van der Waals surface area contributed by atoms with E-state index in [9.17, 15) is 4.79 Å². The Hall–Kier alpha value is -1.73. The molecule has 0 radical (unpaired) electrons. The van der Waals surface area contributed by atoms with Crippen molar-refractivity contribution in [1.29, 1.82) is 0 Å². The zero-order valence-electron chi connectivity index (χ0n) is 12.0. The van der Waals surface area contributed by atoms with Gasteiger partial charge in [-0.05, 0) is 18.4 Å². The first kappa shape index (κ1) is 14.2. The van der Waals surface area contributed by atoms with Crippen molar-refractivity contribution in [1.82, 2.24) is 15.1 Å². The van der Waals surface area contributed by atoms with Crippen LogP contribution in [0.1, 0.15) is 35.5 Å². The summed E-state index contributed by atoms with van der Waals surface area (Å²) >= 11 is 1.59. The van der Waals surface area contributed by atoms with Crippen LogP contribution in [-0.2, 0) is 9.53 Å². The molecule has 2 atom stereocenters. The molecule has 6 nitrogen and oxygen atoms in total. The third kappa shape index (κ3) is 2.84. The predicted octanol–water partition coefficient (Wildman–Crippen LogP) is 2.14. The molecule has 0 bridgehead atoms. The van der Waals surface area contributed by atoms with E-state index >= 15 is 0 Å². The van der Waals surface area contributed by atoms with Crippen LogP contribution in [-0.4, -0.2) is 40.8 Å². The number of nitrogens with zero attached hydrogens (tertiary/aromatic N) is 3. The van der Waals surface area contributed by atoms with Gasteiger partial charge in [0.1, 0.15) is 6.04 Å². The van der Waals surface area contributed by atoms with Gasteiger partial charge >= 0.3 is 0 Å². The van der Waals surface area contributed by atoms with Crippen molar-refractivity contribution in [2.45, 2.75) is 25.8 Å². The summed E-state index contributed by atoms with van der Waals surface area (Å²) in [6, 6.07) is 3.65. The maximum atomic E-state index is 12.8. The molecule has 2 aromatic heterocycles. The molecule has 0 spiro atoms. The van der Waals surface area contributed by atoms with Crippen LogP contribution in [0.3, 0.4) is 0 Å². The highest BCUT2D eigenvalue weighted by Gasteiger charge is 2.35. The van der Waals surface area contributed by atoms with Gasteiger partial charge in [0.05, 0.1) is 19.1 Å². The lowest BCUT2D eigenvalue weighted by Crippen LogP contribution is -2.45. The molecule has 1 aliphatic rings. The predicted molar refractivity (Wildman–Crippen MR) is 77.0 cm³/mol. The Morgan fingerprint density at radius 2 is 2.38 bits per heavy atom. The van der Waals surface area contributed by atoms with Crippen LogP contribution in [0, 0.1) is 6.92 Å². The molecule has 0 saturated carbocycles. The Balaban J connectivity index is 1.82. The number of rotatable bonds is 3. The molecule has 112 valence electrons. The maximum absolute atomic E-state index is 12.8. The molecule has 3 heterocycles. The number of carbonyl (C=O) groups is 1. The van der Waals surface area contributed by atoms with Crippen LogP contribution < -0.4 is 0 Å². The Labute approximate surface area is 126 Å². The van der Waals surface area contributed by atoms with Crippen molar-refractivity contribution in [3.63, 3.8) is 0 Å². The van der Waals surface area contributed by atoms with Crippen molar-refractivity contribution in [2.75, 3.05) is 19.8 Å². The minimum absolute atomic E-state index is 0.0709. The molecule has 0 N–H and O–H groups in total. The summed E-state index contributed by atoms with van der Waals surface area (Å²) in [6.07, 6.45) is 0. The molecule has 1 fully saturated rings.